The van der Waals surface area contributed by atoms with Crippen LogP contribution in [0.2, 0.25) is 0 Å². The van der Waals surface area contributed by atoms with Crippen LogP contribution in [-0.4, -0.2) is 34.6 Å². The predicted molar refractivity (Wildman–Crippen MR) is 60.9 cm³/mol. The Morgan fingerprint density at radius 1 is 1.53 bits per heavy atom. The fourth-order valence-corrected chi connectivity index (χ4v) is 2.59. The van der Waals surface area contributed by atoms with Gasteiger partial charge >= 0.3 is 5.97 Å². The first-order chi connectivity index (χ1) is 7.06. The van der Waals surface area contributed by atoms with Crippen molar-refractivity contribution in [2.45, 2.75) is 58.5 Å². The van der Waals surface area contributed by atoms with Crippen LogP contribution < -0.4 is 0 Å². The fourth-order valence-electron chi connectivity index (χ4n) is 2.59. The van der Waals surface area contributed by atoms with Crippen molar-refractivity contribution >= 4 is 5.97 Å². The molecular formula is C12H23NO2. The summed E-state index contributed by atoms with van der Waals surface area (Å²) < 4.78 is 0. The van der Waals surface area contributed by atoms with Crippen LogP contribution in [0.1, 0.15) is 46.5 Å². The van der Waals surface area contributed by atoms with Gasteiger partial charge in [-0.25, -0.2) is 0 Å². The number of rotatable bonds is 4. The predicted octanol–water partition coefficient (Wildman–Crippen LogP) is 2.36. The summed E-state index contributed by atoms with van der Waals surface area (Å²) in [5, 5.41) is 9.20. The minimum absolute atomic E-state index is 0.266. The molecule has 0 bridgehead atoms. The summed E-state index contributed by atoms with van der Waals surface area (Å²) in [7, 11) is 0. The number of likely N-dealkylation sites (tertiary alicyclic amines) is 1. The molecule has 1 rings (SSSR count). The Kier molecular flexibility index (Phi) is 4.58. The van der Waals surface area contributed by atoms with Gasteiger partial charge in [0.1, 0.15) is 6.04 Å². The third-order valence-corrected chi connectivity index (χ3v) is 3.44. The molecule has 0 aromatic heterocycles. The average Bonchev–Trinajstić information content (AvgIpc) is 2.15. The maximum atomic E-state index is 11.2. The minimum atomic E-state index is -0.654. The highest BCUT2D eigenvalue weighted by Gasteiger charge is 2.32. The molecule has 88 valence electrons. The molecule has 0 radical (unpaired) electrons. The second kappa shape index (κ2) is 5.50. The Balaban J connectivity index is 2.62. The molecule has 3 unspecified atom stereocenters. The SMILES string of the molecule is CCCC(C(=O)O)N1CCC(C)CC1C. The molecule has 1 fully saturated rings. The fraction of sp³-hybridized carbons (Fsp3) is 0.917. The normalized spacial score (nSPS) is 30.1. The quantitative estimate of drug-likeness (QED) is 0.779. The molecule has 0 spiro atoms. The van der Waals surface area contributed by atoms with Gasteiger partial charge in [0.25, 0.3) is 0 Å². The second-order valence-corrected chi connectivity index (χ2v) is 4.86. The van der Waals surface area contributed by atoms with E-state index in [1.807, 2.05) is 6.92 Å². The summed E-state index contributed by atoms with van der Waals surface area (Å²) in [5.74, 6) is 0.0885. The highest BCUT2D eigenvalue weighted by Crippen LogP contribution is 2.25. The van der Waals surface area contributed by atoms with Crippen LogP contribution in [0.25, 0.3) is 0 Å². The van der Waals surface area contributed by atoms with Gasteiger partial charge in [-0.3, -0.25) is 9.69 Å². The van der Waals surface area contributed by atoms with Crippen LogP contribution >= 0.6 is 0 Å². The largest absolute Gasteiger partial charge is 0.480 e. The zero-order valence-electron chi connectivity index (χ0n) is 10.1. The first kappa shape index (κ1) is 12.5. The second-order valence-electron chi connectivity index (χ2n) is 4.86. The zero-order chi connectivity index (χ0) is 11.4. The molecule has 0 aromatic carbocycles. The van der Waals surface area contributed by atoms with Gasteiger partial charge in [-0.1, -0.05) is 20.3 Å². The lowest BCUT2D eigenvalue weighted by Crippen LogP contribution is -2.50. The summed E-state index contributed by atoms with van der Waals surface area (Å²) in [6, 6.07) is 0.152. The van der Waals surface area contributed by atoms with E-state index in [2.05, 4.69) is 18.7 Å². The first-order valence-electron chi connectivity index (χ1n) is 6.04. The average molecular weight is 213 g/mol. The third-order valence-electron chi connectivity index (χ3n) is 3.44. The maximum absolute atomic E-state index is 11.2. The van der Waals surface area contributed by atoms with Crippen molar-refractivity contribution in [2.24, 2.45) is 5.92 Å². The highest BCUT2D eigenvalue weighted by molar-refractivity contribution is 5.73. The molecule has 1 aliphatic rings. The van der Waals surface area contributed by atoms with E-state index in [4.69, 9.17) is 0 Å². The molecular weight excluding hydrogens is 190 g/mol. The molecule has 1 saturated heterocycles. The molecule has 1 N–H and O–H groups in total. The van der Waals surface area contributed by atoms with Gasteiger partial charge in [-0.15, -0.1) is 0 Å². The zero-order valence-corrected chi connectivity index (χ0v) is 10.1. The summed E-state index contributed by atoms with van der Waals surface area (Å²) >= 11 is 0. The lowest BCUT2D eigenvalue weighted by molar-refractivity contribution is -0.145. The van der Waals surface area contributed by atoms with Gasteiger partial charge in [-0.05, 0) is 38.6 Å². The molecule has 1 aliphatic heterocycles. The maximum Gasteiger partial charge on any atom is 0.320 e. The van der Waals surface area contributed by atoms with Crippen molar-refractivity contribution in [3.05, 3.63) is 0 Å². The lowest BCUT2D eigenvalue weighted by Gasteiger charge is -2.40. The van der Waals surface area contributed by atoms with Crippen molar-refractivity contribution in [2.75, 3.05) is 6.54 Å². The molecule has 0 amide bonds. The van der Waals surface area contributed by atoms with E-state index in [-0.39, 0.29) is 6.04 Å². The summed E-state index contributed by atoms with van der Waals surface area (Å²) in [6.07, 6.45) is 3.98. The number of hydrogen-bond donors (Lipinski definition) is 1. The van der Waals surface area contributed by atoms with E-state index in [0.717, 1.165) is 38.1 Å². The van der Waals surface area contributed by atoms with Gasteiger partial charge in [0.2, 0.25) is 0 Å². The van der Waals surface area contributed by atoms with Crippen LogP contribution in [0.15, 0.2) is 0 Å². The van der Waals surface area contributed by atoms with Gasteiger partial charge in [0.05, 0.1) is 0 Å². The molecule has 3 nitrogen and oxygen atoms in total. The van der Waals surface area contributed by atoms with E-state index < -0.39 is 5.97 Å². The Morgan fingerprint density at radius 2 is 2.20 bits per heavy atom. The molecule has 3 atom stereocenters. The van der Waals surface area contributed by atoms with Crippen molar-refractivity contribution < 1.29 is 9.90 Å². The van der Waals surface area contributed by atoms with Gasteiger partial charge in [0, 0.05) is 6.04 Å². The summed E-state index contributed by atoms with van der Waals surface area (Å²) in [6.45, 7) is 7.40. The van der Waals surface area contributed by atoms with E-state index >= 15 is 0 Å². The number of carbonyl (C=O) groups is 1. The van der Waals surface area contributed by atoms with E-state index in [9.17, 15) is 9.90 Å². The molecule has 3 heteroatoms. The Morgan fingerprint density at radius 3 is 2.67 bits per heavy atom. The summed E-state index contributed by atoms with van der Waals surface area (Å²) in [4.78, 5) is 13.3. The van der Waals surface area contributed by atoms with Crippen LogP contribution in [0, 0.1) is 5.92 Å². The van der Waals surface area contributed by atoms with Crippen LogP contribution in [0.3, 0.4) is 0 Å². The van der Waals surface area contributed by atoms with Gasteiger partial charge in [-0.2, -0.15) is 0 Å². The molecule has 1 heterocycles. The highest BCUT2D eigenvalue weighted by atomic mass is 16.4. The summed E-state index contributed by atoms with van der Waals surface area (Å²) in [5.41, 5.74) is 0. The lowest BCUT2D eigenvalue weighted by atomic mass is 9.91. The number of carboxylic acids is 1. The van der Waals surface area contributed by atoms with Crippen molar-refractivity contribution in [1.29, 1.82) is 0 Å². The third kappa shape index (κ3) is 3.20. The van der Waals surface area contributed by atoms with E-state index in [1.165, 1.54) is 0 Å². The van der Waals surface area contributed by atoms with Gasteiger partial charge in [0.15, 0.2) is 0 Å². The molecule has 0 saturated carbocycles. The first-order valence-corrected chi connectivity index (χ1v) is 6.04. The monoisotopic (exact) mass is 213 g/mol. The smallest absolute Gasteiger partial charge is 0.320 e. The van der Waals surface area contributed by atoms with Crippen LogP contribution in [0.5, 0.6) is 0 Å². The minimum Gasteiger partial charge on any atom is -0.480 e. The topological polar surface area (TPSA) is 40.5 Å². The van der Waals surface area contributed by atoms with E-state index in [1.54, 1.807) is 0 Å². The van der Waals surface area contributed by atoms with Crippen LogP contribution in [0.4, 0.5) is 0 Å². The van der Waals surface area contributed by atoms with Crippen LogP contribution in [-0.2, 0) is 4.79 Å². The number of hydrogen-bond acceptors (Lipinski definition) is 2. The molecule has 15 heavy (non-hydrogen) atoms. The number of piperidine rings is 1. The van der Waals surface area contributed by atoms with Crippen molar-refractivity contribution in [3.8, 4) is 0 Å². The Hall–Kier alpha value is -0.570. The Bertz CT molecular complexity index is 218. The van der Waals surface area contributed by atoms with E-state index in [0.29, 0.717) is 6.04 Å². The standard InChI is InChI=1S/C12H23NO2/c1-4-5-11(12(14)15)13-7-6-9(2)8-10(13)3/h9-11H,4-8H2,1-3H3,(H,14,15). The Labute approximate surface area is 92.5 Å². The molecule has 0 aromatic rings. The number of aliphatic carboxylic acids is 1. The van der Waals surface area contributed by atoms with Crippen molar-refractivity contribution in [3.63, 3.8) is 0 Å². The van der Waals surface area contributed by atoms with Gasteiger partial charge < -0.3 is 5.11 Å². The number of nitrogens with zero attached hydrogens (tertiary/aromatic N) is 1. The van der Waals surface area contributed by atoms with Crippen molar-refractivity contribution in [1.82, 2.24) is 4.90 Å². The number of carboxylic acid groups (broad SMARTS) is 1. The molecule has 0 aliphatic carbocycles.